The van der Waals surface area contributed by atoms with Gasteiger partial charge in [0.1, 0.15) is 23.7 Å². The fraction of sp³-hybridized carbons (Fsp3) is 0.222. The van der Waals surface area contributed by atoms with Crippen LogP contribution in [0.25, 0.3) is 5.53 Å². The normalized spacial score (nSPS) is 9.12. The zero-order valence-corrected chi connectivity index (χ0v) is 8.59. The molecule has 0 aliphatic heterocycles. The molecule has 0 saturated heterocycles. The number of ether oxygens (including phenoxy) is 2. The Morgan fingerprint density at radius 2 is 1.88 bits per heavy atom. The third-order valence-corrected chi connectivity index (χ3v) is 1.80. The lowest BCUT2D eigenvalue weighted by atomic mass is 10.1. The third-order valence-electron chi connectivity index (χ3n) is 1.80. The average Bonchev–Trinajstić information content (AvgIpc) is 2.77. The number of furan rings is 1. The number of nitrogens with zero attached hydrogens (tertiary/aromatic N) is 2. The molecule has 16 heavy (non-hydrogen) atoms. The second-order valence-corrected chi connectivity index (χ2v) is 2.63. The number of methoxy groups -OCH3 is 2. The molecule has 0 aliphatic carbocycles. The fourth-order valence-corrected chi connectivity index (χ4v) is 1.05. The molecule has 1 aromatic heterocycles. The Hall–Kier alpha value is -2.40. The predicted molar refractivity (Wildman–Crippen MR) is 49.8 cm³/mol. The number of hydrogen-bond acceptors (Lipinski definition) is 5. The van der Waals surface area contributed by atoms with Crippen LogP contribution >= 0.6 is 0 Å². The molecule has 7 heteroatoms. The van der Waals surface area contributed by atoms with Gasteiger partial charge in [0.05, 0.1) is 14.2 Å². The summed E-state index contributed by atoms with van der Waals surface area (Å²) in [6.45, 7) is 0. The molecule has 84 valence electrons. The quantitative estimate of drug-likeness (QED) is 0.317. The Labute approximate surface area is 90.2 Å². The van der Waals surface area contributed by atoms with Crippen LogP contribution in [0.15, 0.2) is 16.9 Å². The van der Waals surface area contributed by atoms with Crippen LogP contribution in [0.1, 0.15) is 15.9 Å². The Morgan fingerprint density at radius 1 is 1.25 bits per heavy atom. The molecule has 7 nitrogen and oxygen atoms in total. The smallest absolute Gasteiger partial charge is 0.422 e. The van der Waals surface area contributed by atoms with E-state index in [1.807, 2.05) is 0 Å². The van der Waals surface area contributed by atoms with E-state index in [1.54, 1.807) is 0 Å². The zero-order chi connectivity index (χ0) is 12.1. The van der Waals surface area contributed by atoms with E-state index in [0.29, 0.717) is 0 Å². The lowest BCUT2D eigenvalue weighted by molar-refractivity contribution is -0.137. The van der Waals surface area contributed by atoms with Crippen molar-refractivity contribution in [1.29, 1.82) is 0 Å². The number of hydrogen-bond donors (Lipinski definition) is 0. The maximum atomic E-state index is 11.3. The Balaban J connectivity index is 3.23. The van der Waals surface area contributed by atoms with Crippen LogP contribution in [0.5, 0.6) is 0 Å². The molecule has 0 aromatic carbocycles. The van der Waals surface area contributed by atoms with Crippen molar-refractivity contribution in [3.05, 3.63) is 29.2 Å². The zero-order valence-electron chi connectivity index (χ0n) is 8.59. The van der Waals surface area contributed by atoms with E-state index in [4.69, 9.17) is 9.95 Å². The molecule has 0 N–H and O–H groups in total. The summed E-state index contributed by atoms with van der Waals surface area (Å²) in [6, 6.07) is 0. The molecule has 0 amide bonds. The van der Waals surface area contributed by atoms with Crippen LogP contribution in [0.2, 0.25) is 0 Å². The minimum Gasteiger partial charge on any atom is -0.471 e. The number of carbonyl (C=O) groups excluding carboxylic acids is 2. The Morgan fingerprint density at radius 3 is 2.38 bits per heavy atom. The van der Waals surface area contributed by atoms with E-state index in [0.717, 1.165) is 19.6 Å². The second kappa shape index (κ2) is 4.90. The van der Waals surface area contributed by atoms with E-state index in [9.17, 15) is 9.59 Å². The van der Waals surface area contributed by atoms with Gasteiger partial charge in [0.25, 0.3) is 0 Å². The molecule has 1 rings (SSSR count). The molecule has 0 bridgehead atoms. The van der Waals surface area contributed by atoms with Crippen molar-refractivity contribution in [1.82, 2.24) is 0 Å². The lowest BCUT2D eigenvalue weighted by Crippen LogP contribution is -2.20. The SMILES string of the molecule is COC(=O)C(=[N+]=[N-])c1cocc1C(=O)OC. The van der Waals surface area contributed by atoms with Crippen LogP contribution in [0, 0.1) is 0 Å². The molecule has 1 aromatic rings. The average molecular weight is 224 g/mol. The topological polar surface area (TPSA) is 102 Å². The highest BCUT2D eigenvalue weighted by atomic mass is 16.5. The van der Waals surface area contributed by atoms with Crippen molar-refractivity contribution in [3.63, 3.8) is 0 Å². The molecule has 0 aliphatic rings. The first-order valence-electron chi connectivity index (χ1n) is 4.11. The summed E-state index contributed by atoms with van der Waals surface area (Å²) in [5, 5.41) is 0. The van der Waals surface area contributed by atoms with Gasteiger partial charge in [-0.3, -0.25) is 0 Å². The third kappa shape index (κ3) is 1.99. The molecular weight excluding hydrogens is 216 g/mol. The summed E-state index contributed by atoms with van der Waals surface area (Å²) >= 11 is 0. The van der Waals surface area contributed by atoms with Gasteiger partial charge < -0.3 is 19.4 Å². The first kappa shape index (κ1) is 11.7. The summed E-state index contributed by atoms with van der Waals surface area (Å²) in [4.78, 5) is 25.2. The van der Waals surface area contributed by atoms with E-state index in [-0.39, 0.29) is 11.1 Å². The van der Waals surface area contributed by atoms with Crippen molar-refractivity contribution in [2.45, 2.75) is 0 Å². The van der Waals surface area contributed by atoms with Crippen molar-refractivity contribution < 1.29 is 28.3 Å². The van der Waals surface area contributed by atoms with Gasteiger partial charge in [0.15, 0.2) is 0 Å². The van der Waals surface area contributed by atoms with E-state index in [1.165, 1.54) is 7.11 Å². The minimum absolute atomic E-state index is 0.00111. The van der Waals surface area contributed by atoms with Crippen LogP contribution in [0.4, 0.5) is 0 Å². The van der Waals surface area contributed by atoms with Crippen LogP contribution in [-0.2, 0) is 14.3 Å². The maximum Gasteiger partial charge on any atom is 0.422 e. The highest BCUT2D eigenvalue weighted by Gasteiger charge is 2.31. The monoisotopic (exact) mass is 224 g/mol. The van der Waals surface area contributed by atoms with E-state index in [2.05, 4.69) is 14.3 Å². The predicted octanol–water partition coefficient (Wildman–Crippen LogP) is 0.258. The van der Waals surface area contributed by atoms with Crippen LogP contribution < -0.4 is 0 Å². The van der Waals surface area contributed by atoms with Gasteiger partial charge >= 0.3 is 17.7 Å². The highest BCUT2D eigenvalue weighted by Crippen LogP contribution is 2.12. The van der Waals surface area contributed by atoms with Gasteiger partial charge in [-0.05, 0) is 0 Å². The molecular formula is C9H8N2O5. The van der Waals surface area contributed by atoms with Gasteiger partial charge in [-0.2, -0.15) is 4.79 Å². The van der Waals surface area contributed by atoms with E-state index < -0.39 is 17.7 Å². The summed E-state index contributed by atoms with van der Waals surface area (Å²) in [5.74, 6) is -1.61. The van der Waals surface area contributed by atoms with Gasteiger partial charge in [0, 0.05) is 0 Å². The van der Waals surface area contributed by atoms with Crippen LogP contribution in [0.3, 0.4) is 0 Å². The van der Waals surface area contributed by atoms with Crippen molar-refractivity contribution in [2.75, 3.05) is 14.2 Å². The summed E-state index contributed by atoms with van der Waals surface area (Å²) in [6.07, 6.45) is 2.16. The first-order chi connectivity index (χ1) is 7.65. The first-order valence-corrected chi connectivity index (χ1v) is 4.11. The largest absolute Gasteiger partial charge is 0.471 e. The number of rotatable bonds is 3. The van der Waals surface area contributed by atoms with Gasteiger partial charge in [-0.1, -0.05) is 0 Å². The Kier molecular flexibility index (Phi) is 3.58. The highest BCUT2D eigenvalue weighted by molar-refractivity contribution is 6.41. The van der Waals surface area contributed by atoms with E-state index >= 15 is 0 Å². The lowest BCUT2D eigenvalue weighted by Gasteiger charge is -1.96. The molecule has 0 spiro atoms. The summed E-state index contributed by atoms with van der Waals surface area (Å²) in [7, 11) is 2.29. The fourth-order valence-electron chi connectivity index (χ4n) is 1.05. The van der Waals surface area contributed by atoms with Crippen LogP contribution in [-0.4, -0.2) is 36.7 Å². The molecule has 0 unspecified atom stereocenters. The molecule has 0 saturated carbocycles. The maximum absolute atomic E-state index is 11.3. The van der Waals surface area contributed by atoms with Crippen molar-refractivity contribution in [3.8, 4) is 0 Å². The summed E-state index contributed by atoms with van der Waals surface area (Å²) < 4.78 is 13.6. The number of esters is 2. The standard InChI is InChI=1S/C9H8N2O5/c1-14-8(12)6-4-16-3-5(6)7(11-10)9(13)15-2/h3-4H,1-2H3. The van der Waals surface area contributed by atoms with Gasteiger partial charge in [0.2, 0.25) is 0 Å². The van der Waals surface area contributed by atoms with Crippen molar-refractivity contribution >= 4 is 17.7 Å². The molecule has 0 radical (unpaired) electrons. The van der Waals surface area contributed by atoms with Crippen molar-refractivity contribution in [2.24, 2.45) is 0 Å². The molecule has 0 atom stereocenters. The number of carbonyl (C=O) groups is 2. The van der Waals surface area contributed by atoms with Gasteiger partial charge in [-0.25, -0.2) is 9.59 Å². The second-order valence-electron chi connectivity index (χ2n) is 2.63. The Bertz CT molecular complexity index is 470. The molecule has 0 fully saturated rings. The molecule has 1 heterocycles. The van der Waals surface area contributed by atoms with Gasteiger partial charge in [-0.15, -0.1) is 0 Å². The minimum atomic E-state index is -0.894. The summed E-state index contributed by atoms with van der Waals surface area (Å²) in [5.41, 5.74) is 8.21.